The van der Waals surface area contributed by atoms with Gasteiger partial charge in [-0.1, -0.05) is 31.8 Å². The van der Waals surface area contributed by atoms with Crippen LogP contribution in [0.15, 0.2) is 29.8 Å². The summed E-state index contributed by atoms with van der Waals surface area (Å²) >= 11 is 1.53. The fraction of sp³-hybridized carbons (Fsp3) is 0.438. The Kier molecular flexibility index (Phi) is 5.85. The van der Waals surface area contributed by atoms with Gasteiger partial charge in [0.25, 0.3) is 0 Å². The first-order chi connectivity index (χ1) is 10.4. The van der Waals surface area contributed by atoms with Crippen molar-refractivity contribution < 1.29 is 4.79 Å². The van der Waals surface area contributed by atoms with E-state index in [0.29, 0.717) is 6.42 Å². The molecule has 0 radical (unpaired) electrons. The Morgan fingerprint density at radius 3 is 2.82 bits per heavy atom. The fourth-order valence-corrected chi connectivity index (χ4v) is 4.10. The molecule has 0 unspecified atom stereocenters. The van der Waals surface area contributed by atoms with Crippen LogP contribution in [0, 0.1) is 0 Å². The van der Waals surface area contributed by atoms with Gasteiger partial charge in [-0.25, -0.2) is 4.98 Å². The summed E-state index contributed by atoms with van der Waals surface area (Å²) in [5.41, 5.74) is 1.67. The summed E-state index contributed by atoms with van der Waals surface area (Å²) in [6, 6.07) is 6.99. The molecule has 0 atom stereocenters. The smallest absolute Gasteiger partial charge is 0.226 e. The van der Waals surface area contributed by atoms with E-state index < -0.39 is 8.07 Å². The van der Waals surface area contributed by atoms with Crippen molar-refractivity contribution in [1.82, 2.24) is 15.3 Å². The number of nitrogens with one attached hydrogen (secondary N) is 1. The Morgan fingerprint density at radius 1 is 1.32 bits per heavy atom. The van der Waals surface area contributed by atoms with E-state index in [0.717, 1.165) is 29.4 Å². The van der Waals surface area contributed by atoms with Crippen LogP contribution in [-0.4, -0.2) is 30.5 Å². The fourth-order valence-electron chi connectivity index (χ4n) is 2.07. The lowest BCUT2D eigenvalue weighted by Gasteiger charge is -2.15. The summed E-state index contributed by atoms with van der Waals surface area (Å²) in [6.07, 6.45) is 3.16. The van der Waals surface area contributed by atoms with E-state index in [1.807, 2.05) is 23.6 Å². The molecule has 2 aromatic rings. The van der Waals surface area contributed by atoms with Crippen molar-refractivity contribution in [3.8, 4) is 10.7 Å². The molecule has 2 rings (SSSR count). The lowest BCUT2D eigenvalue weighted by molar-refractivity contribution is -0.120. The van der Waals surface area contributed by atoms with E-state index in [1.54, 1.807) is 6.20 Å². The molecule has 0 aliphatic heterocycles. The molecule has 1 N–H and O–H groups in total. The Morgan fingerprint density at radius 2 is 2.14 bits per heavy atom. The molecular weight excluding hydrogens is 310 g/mol. The van der Waals surface area contributed by atoms with Gasteiger partial charge in [0, 0.05) is 26.2 Å². The molecule has 0 fully saturated rings. The molecule has 1 amide bonds. The standard InChI is InChI=1S/C16H23N3OSSi/c1-22(2,3)10-6-9-18-15(20)11-13-12-21-16(19-13)14-7-4-5-8-17-14/h4-5,7-8,12H,6,9-11H2,1-3H3,(H,18,20). The van der Waals surface area contributed by atoms with Crippen LogP contribution in [-0.2, 0) is 11.2 Å². The highest BCUT2D eigenvalue weighted by Gasteiger charge is 2.13. The van der Waals surface area contributed by atoms with Crippen LogP contribution in [0.3, 0.4) is 0 Å². The highest BCUT2D eigenvalue weighted by Crippen LogP contribution is 2.21. The normalized spacial score (nSPS) is 11.4. The van der Waals surface area contributed by atoms with E-state index in [9.17, 15) is 4.79 Å². The van der Waals surface area contributed by atoms with Crippen molar-refractivity contribution in [3.63, 3.8) is 0 Å². The number of carbonyl (C=O) groups excluding carboxylic acids is 1. The second-order valence-corrected chi connectivity index (χ2v) is 13.0. The molecule has 118 valence electrons. The number of carbonyl (C=O) groups is 1. The van der Waals surface area contributed by atoms with Gasteiger partial charge in [0.1, 0.15) is 5.01 Å². The third-order valence-electron chi connectivity index (χ3n) is 3.20. The first-order valence-corrected chi connectivity index (χ1v) is 12.2. The lowest BCUT2D eigenvalue weighted by Crippen LogP contribution is -2.28. The van der Waals surface area contributed by atoms with Gasteiger partial charge in [0.05, 0.1) is 17.8 Å². The Bertz CT molecular complexity index is 607. The molecule has 0 aromatic carbocycles. The van der Waals surface area contributed by atoms with Gasteiger partial charge in [0.15, 0.2) is 0 Å². The van der Waals surface area contributed by atoms with Crippen molar-refractivity contribution in [1.29, 1.82) is 0 Å². The largest absolute Gasteiger partial charge is 0.356 e. The van der Waals surface area contributed by atoms with Gasteiger partial charge in [-0.05, 0) is 18.6 Å². The zero-order chi connectivity index (χ0) is 16.0. The van der Waals surface area contributed by atoms with Crippen LogP contribution in [0.5, 0.6) is 0 Å². The van der Waals surface area contributed by atoms with E-state index in [1.165, 1.54) is 17.4 Å². The van der Waals surface area contributed by atoms with Crippen LogP contribution >= 0.6 is 11.3 Å². The van der Waals surface area contributed by atoms with Crippen molar-refractivity contribution in [2.24, 2.45) is 0 Å². The molecule has 0 saturated carbocycles. The molecule has 4 nitrogen and oxygen atoms in total. The summed E-state index contributed by atoms with van der Waals surface area (Å²) in [6.45, 7) is 7.82. The summed E-state index contributed by atoms with van der Waals surface area (Å²) < 4.78 is 0. The summed E-state index contributed by atoms with van der Waals surface area (Å²) in [7, 11) is -1.01. The van der Waals surface area contributed by atoms with E-state index in [4.69, 9.17) is 0 Å². The molecule has 22 heavy (non-hydrogen) atoms. The minimum atomic E-state index is -1.01. The zero-order valence-corrected chi connectivity index (χ0v) is 15.2. The molecule has 0 aliphatic carbocycles. The van der Waals surface area contributed by atoms with Crippen LogP contribution in [0.4, 0.5) is 0 Å². The Hall–Kier alpha value is -1.53. The minimum absolute atomic E-state index is 0.0495. The van der Waals surface area contributed by atoms with E-state index in [-0.39, 0.29) is 5.91 Å². The van der Waals surface area contributed by atoms with Crippen molar-refractivity contribution in [3.05, 3.63) is 35.5 Å². The van der Waals surface area contributed by atoms with Gasteiger partial charge >= 0.3 is 0 Å². The Balaban J connectivity index is 1.79. The first kappa shape index (κ1) is 16.8. The monoisotopic (exact) mass is 333 g/mol. The molecule has 2 heterocycles. The van der Waals surface area contributed by atoms with Crippen molar-refractivity contribution in [2.75, 3.05) is 6.54 Å². The third-order valence-corrected chi connectivity index (χ3v) is 5.97. The van der Waals surface area contributed by atoms with Gasteiger partial charge in [-0.15, -0.1) is 11.3 Å². The van der Waals surface area contributed by atoms with Crippen molar-refractivity contribution >= 4 is 25.3 Å². The average Bonchev–Trinajstić information content (AvgIpc) is 2.92. The van der Waals surface area contributed by atoms with Crippen LogP contribution < -0.4 is 5.32 Å². The predicted molar refractivity (Wildman–Crippen MR) is 94.8 cm³/mol. The maximum absolute atomic E-state index is 11.9. The molecule has 0 aliphatic rings. The maximum atomic E-state index is 11.9. The van der Waals surface area contributed by atoms with Crippen LogP contribution in [0.2, 0.25) is 25.7 Å². The number of thiazole rings is 1. The van der Waals surface area contributed by atoms with Gasteiger partial charge in [-0.2, -0.15) is 0 Å². The number of hydrogen-bond acceptors (Lipinski definition) is 4. The number of aromatic nitrogens is 2. The topological polar surface area (TPSA) is 54.9 Å². The van der Waals surface area contributed by atoms with Crippen LogP contribution in [0.1, 0.15) is 12.1 Å². The zero-order valence-electron chi connectivity index (χ0n) is 13.4. The molecule has 0 spiro atoms. The molecule has 6 heteroatoms. The summed E-state index contributed by atoms with van der Waals surface area (Å²) in [5.74, 6) is 0.0495. The highest BCUT2D eigenvalue weighted by molar-refractivity contribution is 7.13. The molecule has 2 aromatic heterocycles. The van der Waals surface area contributed by atoms with Crippen LogP contribution in [0.25, 0.3) is 10.7 Å². The third kappa shape index (κ3) is 5.69. The quantitative estimate of drug-likeness (QED) is 0.622. The highest BCUT2D eigenvalue weighted by atomic mass is 32.1. The number of hydrogen-bond donors (Lipinski definition) is 1. The maximum Gasteiger partial charge on any atom is 0.226 e. The second kappa shape index (κ2) is 7.65. The summed E-state index contributed by atoms with van der Waals surface area (Å²) in [4.78, 5) is 20.7. The number of rotatable bonds is 7. The molecule has 0 bridgehead atoms. The van der Waals surface area contributed by atoms with Crippen molar-refractivity contribution in [2.45, 2.75) is 38.5 Å². The number of nitrogens with zero attached hydrogens (tertiary/aromatic N) is 2. The van der Waals surface area contributed by atoms with E-state index in [2.05, 4.69) is 34.9 Å². The Labute approximate surface area is 137 Å². The first-order valence-electron chi connectivity index (χ1n) is 7.56. The second-order valence-electron chi connectivity index (χ2n) is 6.55. The number of pyridine rings is 1. The molecule has 0 saturated heterocycles. The van der Waals surface area contributed by atoms with Gasteiger partial charge in [0.2, 0.25) is 5.91 Å². The van der Waals surface area contributed by atoms with Gasteiger partial charge in [-0.3, -0.25) is 9.78 Å². The van der Waals surface area contributed by atoms with Gasteiger partial charge < -0.3 is 5.32 Å². The SMILES string of the molecule is C[Si](C)(C)CCCNC(=O)Cc1csc(-c2ccccn2)n1. The lowest BCUT2D eigenvalue weighted by atomic mass is 10.3. The molecular formula is C16H23N3OSSi. The minimum Gasteiger partial charge on any atom is -0.356 e. The predicted octanol–water partition coefficient (Wildman–Crippen LogP) is 3.59. The average molecular weight is 334 g/mol. The number of amides is 1. The van der Waals surface area contributed by atoms with E-state index >= 15 is 0 Å². The summed E-state index contributed by atoms with van der Waals surface area (Å²) in [5, 5.41) is 5.78.